The zero-order valence-corrected chi connectivity index (χ0v) is 14.5. The van der Waals surface area contributed by atoms with E-state index in [1.807, 2.05) is 6.07 Å². The van der Waals surface area contributed by atoms with Gasteiger partial charge in [-0.15, -0.1) is 0 Å². The zero-order valence-electron chi connectivity index (χ0n) is 13.6. The van der Waals surface area contributed by atoms with Crippen LogP contribution in [-0.4, -0.2) is 17.2 Å². The lowest BCUT2D eigenvalue weighted by Gasteiger charge is -2.18. The van der Waals surface area contributed by atoms with E-state index in [0.29, 0.717) is 18.2 Å². The van der Waals surface area contributed by atoms with E-state index in [9.17, 15) is 9.46 Å². The van der Waals surface area contributed by atoms with Gasteiger partial charge >= 0.3 is 0 Å². The topological polar surface area (TPSA) is 37.3 Å². The molecule has 0 bridgehead atoms. The standard InChI is InChI=1S/C18H31O2P/c1-3-5-11-17(18-12-8-7-9-13-18)14-10-16-21(19,20)15-6-4-2/h7-9,12-13,17H,3-6,10-11,14-16H2,1-2H3,(H,19,20). The summed E-state index contributed by atoms with van der Waals surface area (Å²) in [6.45, 7) is 4.28. The van der Waals surface area contributed by atoms with Crippen molar-refractivity contribution < 1.29 is 9.46 Å². The molecule has 2 nitrogen and oxygen atoms in total. The van der Waals surface area contributed by atoms with Crippen molar-refractivity contribution >= 4 is 7.37 Å². The van der Waals surface area contributed by atoms with Gasteiger partial charge in [-0.2, -0.15) is 0 Å². The Balaban J connectivity index is 2.48. The third kappa shape index (κ3) is 7.83. The van der Waals surface area contributed by atoms with Gasteiger partial charge in [-0.1, -0.05) is 63.4 Å². The van der Waals surface area contributed by atoms with Gasteiger partial charge in [-0.3, -0.25) is 4.57 Å². The minimum absolute atomic E-state index is 0.489. The predicted octanol–water partition coefficient (Wildman–Crippen LogP) is 5.81. The average molecular weight is 310 g/mol. The Morgan fingerprint density at radius 3 is 2.14 bits per heavy atom. The monoisotopic (exact) mass is 310 g/mol. The zero-order chi connectivity index (χ0) is 15.6. The third-order valence-corrected chi connectivity index (χ3v) is 6.13. The molecule has 21 heavy (non-hydrogen) atoms. The Hall–Kier alpha value is -0.590. The molecule has 0 fully saturated rings. The first-order chi connectivity index (χ1) is 10.1. The Labute approximate surface area is 130 Å². The molecule has 0 aliphatic heterocycles. The molecule has 0 heterocycles. The molecule has 0 aromatic heterocycles. The third-order valence-electron chi connectivity index (χ3n) is 4.10. The lowest BCUT2D eigenvalue weighted by Crippen LogP contribution is -2.02. The molecule has 0 amide bonds. The van der Waals surface area contributed by atoms with Crippen LogP contribution in [0.15, 0.2) is 30.3 Å². The van der Waals surface area contributed by atoms with Gasteiger partial charge in [0, 0.05) is 12.3 Å². The molecule has 1 rings (SSSR count). The molecule has 120 valence electrons. The molecule has 0 saturated carbocycles. The number of rotatable bonds is 11. The normalized spacial score (nSPS) is 15.6. The number of hydrogen-bond acceptors (Lipinski definition) is 1. The first-order valence-electron chi connectivity index (χ1n) is 8.45. The van der Waals surface area contributed by atoms with Crippen LogP contribution in [0, 0.1) is 0 Å². The summed E-state index contributed by atoms with van der Waals surface area (Å²) in [4.78, 5) is 9.96. The highest BCUT2D eigenvalue weighted by atomic mass is 31.2. The summed E-state index contributed by atoms with van der Waals surface area (Å²) in [5, 5.41) is 0. The largest absolute Gasteiger partial charge is 0.344 e. The highest BCUT2D eigenvalue weighted by Gasteiger charge is 2.18. The van der Waals surface area contributed by atoms with Crippen LogP contribution in [0.25, 0.3) is 0 Å². The van der Waals surface area contributed by atoms with E-state index < -0.39 is 7.37 Å². The maximum Gasteiger partial charge on any atom is 0.200 e. The second-order valence-electron chi connectivity index (χ2n) is 6.04. The van der Waals surface area contributed by atoms with Crippen LogP contribution in [0.4, 0.5) is 0 Å². The summed E-state index contributed by atoms with van der Waals surface area (Å²) in [6, 6.07) is 10.6. The molecule has 1 N–H and O–H groups in total. The van der Waals surface area contributed by atoms with E-state index in [0.717, 1.165) is 25.7 Å². The number of benzene rings is 1. The molecule has 0 aliphatic carbocycles. The van der Waals surface area contributed by atoms with E-state index in [4.69, 9.17) is 0 Å². The predicted molar refractivity (Wildman–Crippen MR) is 92.4 cm³/mol. The lowest BCUT2D eigenvalue weighted by molar-refractivity contribution is 0.467. The minimum atomic E-state index is -2.88. The number of hydrogen-bond donors (Lipinski definition) is 1. The molecular weight excluding hydrogens is 279 g/mol. The first kappa shape index (κ1) is 18.5. The van der Waals surface area contributed by atoms with E-state index >= 15 is 0 Å². The SMILES string of the molecule is CCCCC(CCCP(=O)(O)CCCC)c1ccccc1. The highest BCUT2D eigenvalue weighted by Crippen LogP contribution is 2.43. The van der Waals surface area contributed by atoms with Gasteiger partial charge in [0.1, 0.15) is 0 Å². The van der Waals surface area contributed by atoms with Crippen LogP contribution in [0.2, 0.25) is 0 Å². The van der Waals surface area contributed by atoms with Gasteiger partial charge in [0.15, 0.2) is 0 Å². The summed E-state index contributed by atoms with van der Waals surface area (Å²) in [7, 11) is -2.88. The van der Waals surface area contributed by atoms with Crippen molar-refractivity contribution in [1.82, 2.24) is 0 Å². The van der Waals surface area contributed by atoms with Crippen molar-refractivity contribution in [3.05, 3.63) is 35.9 Å². The van der Waals surface area contributed by atoms with Crippen molar-refractivity contribution in [3.63, 3.8) is 0 Å². The molecule has 2 atom stereocenters. The van der Waals surface area contributed by atoms with Crippen molar-refractivity contribution in [3.8, 4) is 0 Å². The quantitative estimate of drug-likeness (QED) is 0.524. The van der Waals surface area contributed by atoms with Gasteiger partial charge in [0.2, 0.25) is 7.37 Å². The van der Waals surface area contributed by atoms with E-state index in [1.54, 1.807) is 0 Å². The number of unbranched alkanes of at least 4 members (excludes halogenated alkanes) is 2. The lowest BCUT2D eigenvalue weighted by atomic mass is 9.90. The van der Waals surface area contributed by atoms with E-state index in [2.05, 4.69) is 38.1 Å². The molecule has 0 spiro atoms. The first-order valence-corrected chi connectivity index (χ1v) is 10.5. The van der Waals surface area contributed by atoms with Crippen LogP contribution in [-0.2, 0) is 4.57 Å². The maximum absolute atomic E-state index is 12.1. The Morgan fingerprint density at radius 2 is 1.52 bits per heavy atom. The Bertz CT molecular complexity index is 416. The summed E-state index contributed by atoms with van der Waals surface area (Å²) in [6.07, 6.45) is 8.35. The molecule has 1 aromatic rings. The fraction of sp³-hybridized carbons (Fsp3) is 0.667. The summed E-state index contributed by atoms with van der Waals surface area (Å²) >= 11 is 0. The maximum atomic E-state index is 12.1. The minimum Gasteiger partial charge on any atom is -0.344 e. The fourth-order valence-electron chi connectivity index (χ4n) is 2.76. The Morgan fingerprint density at radius 1 is 0.952 bits per heavy atom. The van der Waals surface area contributed by atoms with Crippen LogP contribution in [0.1, 0.15) is 70.3 Å². The van der Waals surface area contributed by atoms with Crippen molar-refractivity contribution in [2.24, 2.45) is 0 Å². The van der Waals surface area contributed by atoms with Crippen molar-refractivity contribution in [2.45, 2.75) is 64.7 Å². The fourth-order valence-corrected chi connectivity index (χ4v) is 4.47. The van der Waals surface area contributed by atoms with Gasteiger partial charge < -0.3 is 4.89 Å². The average Bonchev–Trinajstić information content (AvgIpc) is 2.49. The highest BCUT2D eigenvalue weighted by molar-refractivity contribution is 7.57. The molecule has 0 aliphatic rings. The van der Waals surface area contributed by atoms with Gasteiger partial charge in [-0.25, -0.2) is 0 Å². The van der Waals surface area contributed by atoms with Crippen LogP contribution < -0.4 is 0 Å². The molecule has 1 aromatic carbocycles. The van der Waals surface area contributed by atoms with Crippen LogP contribution in [0.5, 0.6) is 0 Å². The molecule has 0 radical (unpaired) electrons. The second-order valence-corrected chi connectivity index (χ2v) is 8.63. The van der Waals surface area contributed by atoms with Crippen molar-refractivity contribution in [1.29, 1.82) is 0 Å². The molecular formula is C18H31O2P. The second kappa shape index (κ2) is 10.2. The molecule has 2 unspecified atom stereocenters. The molecule has 0 saturated heterocycles. The smallest absolute Gasteiger partial charge is 0.200 e. The van der Waals surface area contributed by atoms with Crippen LogP contribution in [0.3, 0.4) is 0 Å². The van der Waals surface area contributed by atoms with Crippen molar-refractivity contribution in [2.75, 3.05) is 12.3 Å². The summed E-state index contributed by atoms with van der Waals surface area (Å²) in [5.74, 6) is 0.539. The van der Waals surface area contributed by atoms with Gasteiger partial charge in [-0.05, 0) is 37.2 Å². The van der Waals surface area contributed by atoms with E-state index in [1.165, 1.54) is 24.8 Å². The van der Waals surface area contributed by atoms with Gasteiger partial charge in [0.25, 0.3) is 0 Å². The van der Waals surface area contributed by atoms with Crippen LogP contribution >= 0.6 is 7.37 Å². The van der Waals surface area contributed by atoms with Gasteiger partial charge in [0.05, 0.1) is 0 Å². The van der Waals surface area contributed by atoms with E-state index in [-0.39, 0.29) is 0 Å². The Kier molecular flexibility index (Phi) is 8.96. The summed E-state index contributed by atoms with van der Waals surface area (Å²) < 4.78 is 12.1. The molecule has 3 heteroatoms. The summed E-state index contributed by atoms with van der Waals surface area (Å²) in [5.41, 5.74) is 1.38.